The first kappa shape index (κ1) is 17.8. The van der Waals surface area contributed by atoms with E-state index in [1.807, 2.05) is 30.3 Å². The summed E-state index contributed by atoms with van der Waals surface area (Å²) in [5, 5.41) is 5.52. The van der Waals surface area contributed by atoms with Crippen LogP contribution in [-0.2, 0) is 10.5 Å². The third-order valence-electron chi connectivity index (χ3n) is 3.20. The lowest BCUT2D eigenvalue weighted by atomic mass is 10.1. The van der Waals surface area contributed by atoms with Crippen molar-refractivity contribution in [2.24, 2.45) is 0 Å². The lowest BCUT2D eigenvalue weighted by molar-refractivity contribution is -0.113. The van der Waals surface area contributed by atoms with Crippen LogP contribution in [0.25, 0.3) is 0 Å². The number of carbonyl (C=O) groups excluding carboxylic acids is 2. The molecular formula is C19H20N2O2S. The SMILES string of the molecule is C=CCNC(=O)c1ccccc1NC(=O)CSCc1ccccc1. The van der Waals surface area contributed by atoms with Crippen LogP contribution in [0.5, 0.6) is 0 Å². The zero-order valence-electron chi connectivity index (χ0n) is 13.3. The molecule has 0 atom stereocenters. The third-order valence-corrected chi connectivity index (χ3v) is 4.20. The summed E-state index contributed by atoms with van der Waals surface area (Å²) in [6, 6.07) is 17.0. The summed E-state index contributed by atoms with van der Waals surface area (Å²) in [5.74, 6) is 0.746. The van der Waals surface area contributed by atoms with Gasteiger partial charge in [-0.05, 0) is 17.7 Å². The Kier molecular flexibility index (Phi) is 7.11. The third kappa shape index (κ3) is 5.59. The Morgan fingerprint density at radius 2 is 1.75 bits per heavy atom. The van der Waals surface area contributed by atoms with E-state index in [2.05, 4.69) is 17.2 Å². The highest BCUT2D eigenvalue weighted by atomic mass is 32.2. The van der Waals surface area contributed by atoms with Crippen LogP contribution in [0, 0.1) is 0 Å². The highest BCUT2D eigenvalue weighted by Gasteiger charge is 2.12. The fourth-order valence-electron chi connectivity index (χ4n) is 2.07. The molecule has 0 unspecified atom stereocenters. The molecule has 0 fully saturated rings. The predicted octanol–water partition coefficient (Wildman–Crippen LogP) is 3.47. The molecule has 0 aliphatic carbocycles. The van der Waals surface area contributed by atoms with E-state index in [1.54, 1.807) is 30.3 Å². The van der Waals surface area contributed by atoms with E-state index in [4.69, 9.17) is 0 Å². The van der Waals surface area contributed by atoms with E-state index in [0.29, 0.717) is 23.5 Å². The van der Waals surface area contributed by atoms with Crippen molar-refractivity contribution in [2.45, 2.75) is 5.75 Å². The Balaban J connectivity index is 1.89. The normalized spacial score (nSPS) is 10.0. The Labute approximate surface area is 146 Å². The summed E-state index contributed by atoms with van der Waals surface area (Å²) in [5.41, 5.74) is 2.14. The van der Waals surface area contributed by atoms with Crippen LogP contribution < -0.4 is 10.6 Å². The van der Waals surface area contributed by atoms with Crippen molar-refractivity contribution in [1.29, 1.82) is 0 Å². The van der Waals surface area contributed by atoms with Gasteiger partial charge in [-0.15, -0.1) is 18.3 Å². The number of hydrogen-bond donors (Lipinski definition) is 2. The highest BCUT2D eigenvalue weighted by molar-refractivity contribution is 7.99. The van der Waals surface area contributed by atoms with Crippen LogP contribution in [0.3, 0.4) is 0 Å². The summed E-state index contributed by atoms with van der Waals surface area (Å²) >= 11 is 1.54. The molecule has 2 amide bonds. The number of carbonyl (C=O) groups is 2. The minimum Gasteiger partial charge on any atom is -0.349 e. The Morgan fingerprint density at radius 3 is 2.50 bits per heavy atom. The number of para-hydroxylation sites is 1. The quantitative estimate of drug-likeness (QED) is 0.724. The van der Waals surface area contributed by atoms with Crippen molar-refractivity contribution in [2.75, 3.05) is 17.6 Å². The van der Waals surface area contributed by atoms with E-state index in [1.165, 1.54) is 17.3 Å². The fourth-order valence-corrected chi connectivity index (χ4v) is 2.86. The maximum absolute atomic E-state index is 12.1. The van der Waals surface area contributed by atoms with E-state index in [-0.39, 0.29) is 11.8 Å². The van der Waals surface area contributed by atoms with Gasteiger partial charge in [-0.25, -0.2) is 0 Å². The van der Waals surface area contributed by atoms with Crippen molar-refractivity contribution >= 4 is 29.3 Å². The molecule has 0 aliphatic rings. The van der Waals surface area contributed by atoms with Crippen molar-refractivity contribution < 1.29 is 9.59 Å². The first-order valence-electron chi connectivity index (χ1n) is 7.60. The Bertz CT molecular complexity index is 702. The highest BCUT2D eigenvalue weighted by Crippen LogP contribution is 2.16. The van der Waals surface area contributed by atoms with Crippen molar-refractivity contribution in [3.05, 3.63) is 78.4 Å². The van der Waals surface area contributed by atoms with Crippen molar-refractivity contribution in [3.8, 4) is 0 Å². The van der Waals surface area contributed by atoms with Gasteiger partial charge in [0.25, 0.3) is 5.91 Å². The largest absolute Gasteiger partial charge is 0.349 e. The molecule has 0 radical (unpaired) electrons. The average molecular weight is 340 g/mol. The van der Waals surface area contributed by atoms with Gasteiger partial charge in [0.05, 0.1) is 17.0 Å². The van der Waals surface area contributed by atoms with Gasteiger partial charge in [-0.1, -0.05) is 48.5 Å². The van der Waals surface area contributed by atoms with E-state index in [0.717, 1.165) is 5.75 Å². The summed E-state index contributed by atoms with van der Waals surface area (Å²) in [6.07, 6.45) is 1.61. The van der Waals surface area contributed by atoms with E-state index in [9.17, 15) is 9.59 Å². The molecule has 0 saturated heterocycles. The molecule has 0 spiro atoms. The van der Waals surface area contributed by atoms with Gasteiger partial charge in [0.1, 0.15) is 0 Å². The second-order valence-electron chi connectivity index (χ2n) is 5.07. The van der Waals surface area contributed by atoms with E-state index < -0.39 is 0 Å². The number of nitrogens with one attached hydrogen (secondary N) is 2. The summed E-state index contributed by atoms with van der Waals surface area (Å²) < 4.78 is 0. The minimum absolute atomic E-state index is 0.125. The predicted molar refractivity (Wildman–Crippen MR) is 100 cm³/mol. The molecule has 2 aromatic rings. The molecule has 0 heterocycles. The zero-order chi connectivity index (χ0) is 17.2. The Morgan fingerprint density at radius 1 is 1.04 bits per heavy atom. The molecule has 0 aliphatic heterocycles. The zero-order valence-corrected chi connectivity index (χ0v) is 14.1. The molecule has 5 heteroatoms. The number of anilines is 1. The first-order chi connectivity index (χ1) is 11.7. The second kappa shape index (κ2) is 9.57. The van der Waals surface area contributed by atoms with Crippen LogP contribution in [0.1, 0.15) is 15.9 Å². The number of amides is 2. The molecule has 2 rings (SSSR count). The molecule has 24 heavy (non-hydrogen) atoms. The standard InChI is InChI=1S/C19H20N2O2S/c1-2-12-20-19(23)16-10-6-7-11-17(16)21-18(22)14-24-13-15-8-4-3-5-9-15/h2-11H,1,12-14H2,(H,20,23)(H,21,22). The van der Waals surface area contributed by atoms with Gasteiger partial charge in [0, 0.05) is 12.3 Å². The van der Waals surface area contributed by atoms with Crippen LogP contribution in [0.2, 0.25) is 0 Å². The monoisotopic (exact) mass is 340 g/mol. The van der Waals surface area contributed by atoms with Gasteiger partial charge < -0.3 is 10.6 Å². The first-order valence-corrected chi connectivity index (χ1v) is 8.76. The van der Waals surface area contributed by atoms with Gasteiger partial charge in [0.2, 0.25) is 5.91 Å². The molecule has 0 aromatic heterocycles. The molecule has 0 saturated carbocycles. The lowest BCUT2D eigenvalue weighted by Crippen LogP contribution is -2.25. The van der Waals surface area contributed by atoms with Gasteiger partial charge in [-0.3, -0.25) is 9.59 Å². The molecule has 4 nitrogen and oxygen atoms in total. The smallest absolute Gasteiger partial charge is 0.253 e. The molecule has 0 bridgehead atoms. The summed E-state index contributed by atoms with van der Waals surface area (Å²) in [6.45, 7) is 3.95. The second-order valence-corrected chi connectivity index (χ2v) is 6.06. The maximum atomic E-state index is 12.1. The van der Waals surface area contributed by atoms with Crippen molar-refractivity contribution in [3.63, 3.8) is 0 Å². The Hall–Kier alpha value is -2.53. The van der Waals surface area contributed by atoms with Gasteiger partial charge >= 0.3 is 0 Å². The fraction of sp³-hybridized carbons (Fsp3) is 0.158. The minimum atomic E-state index is -0.234. The maximum Gasteiger partial charge on any atom is 0.253 e. The van der Waals surface area contributed by atoms with Crippen LogP contribution in [-0.4, -0.2) is 24.1 Å². The molecule has 2 N–H and O–H groups in total. The molecule has 2 aromatic carbocycles. The van der Waals surface area contributed by atoms with Crippen molar-refractivity contribution in [1.82, 2.24) is 5.32 Å². The molecular weight excluding hydrogens is 320 g/mol. The summed E-state index contributed by atoms with van der Waals surface area (Å²) in [7, 11) is 0. The molecule has 124 valence electrons. The van der Waals surface area contributed by atoms with Gasteiger partial charge in [-0.2, -0.15) is 0 Å². The lowest BCUT2D eigenvalue weighted by Gasteiger charge is -2.10. The van der Waals surface area contributed by atoms with Crippen LogP contribution >= 0.6 is 11.8 Å². The van der Waals surface area contributed by atoms with Gasteiger partial charge in [0.15, 0.2) is 0 Å². The topological polar surface area (TPSA) is 58.2 Å². The van der Waals surface area contributed by atoms with Crippen LogP contribution in [0.4, 0.5) is 5.69 Å². The number of thioether (sulfide) groups is 1. The number of benzene rings is 2. The van der Waals surface area contributed by atoms with E-state index >= 15 is 0 Å². The van der Waals surface area contributed by atoms with Crippen LogP contribution in [0.15, 0.2) is 67.3 Å². The summed E-state index contributed by atoms with van der Waals surface area (Å²) in [4.78, 5) is 24.2. The number of hydrogen-bond acceptors (Lipinski definition) is 3. The number of rotatable bonds is 8. The average Bonchev–Trinajstić information content (AvgIpc) is 2.61.